The van der Waals surface area contributed by atoms with Gasteiger partial charge in [-0.25, -0.2) is 4.98 Å². The lowest BCUT2D eigenvalue weighted by Crippen LogP contribution is -2.20. The number of fused-ring (bicyclic) bond motifs is 2. The van der Waals surface area contributed by atoms with Crippen molar-refractivity contribution in [2.45, 2.75) is 13.0 Å². The molecule has 4 rings (SSSR count). The molecule has 0 spiro atoms. The van der Waals surface area contributed by atoms with Crippen LogP contribution in [0.2, 0.25) is 0 Å². The van der Waals surface area contributed by atoms with E-state index in [0.717, 1.165) is 29.1 Å². The topological polar surface area (TPSA) is 70.1 Å². The highest BCUT2D eigenvalue weighted by Gasteiger charge is 2.20. The number of hydrogen-bond donors (Lipinski definition) is 1. The van der Waals surface area contributed by atoms with Gasteiger partial charge in [-0.3, -0.25) is 9.36 Å². The molecule has 24 heavy (non-hydrogen) atoms. The van der Waals surface area contributed by atoms with Crippen LogP contribution in [-0.4, -0.2) is 16.7 Å². The van der Waals surface area contributed by atoms with Crippen molar-refractivity contribution in [3.05, 3.63) is 64.2 Å². The van der Waals surface area contributed by atoms with E-state index in [0.29, 0.717) is 23.1 Å². The Morgan fingerprint density at radius 2 is 2.12 bits per heavy atom. The normalized spacial score (nSPS) is 15.0. The monoisotopic (exact) mass is 319 g/mol. The van der Waals surface area contributed by atoms with Gasteiger partial charge in [0, 0.05) is 12.2 Å². The number of hydrogen-bond acceptors (Lipinski definition) is 4. The van der Waals surface area contributed by atoms with Crippen LogP contribution in [0.15, 0.2) is 47.3 Å². The van der Waals surface area contributed by atoms with Gasteiger partial charge in [-0.05, 0) is 54.0 Å². The number of ether oxygens (including phenoxy) is 1. The van der Waals surface area contributed by atoms with Crippen LogP contribution in [0.4, 0.5) is 5.69 Å². The van der Waals surface area contributed by atoms with Gasteiger partial charge in [0.25, 0.3) is 5.56 Å². The summed E-state index contributed by atoms with van der Waals surface area (Å²) in [7, 11) is 1.65. The number of allylic oxidation sites excluding steroid dienone is 1. The van der Waals surface area contributed by atoms with Gasteiger partial charge in [0.1, 0.15) is 11.6 Å². The fourth-order valence-corrected chi connectivity index (χ4v) is 3.10. The maximum Gasteiger partial charge on any atom is 0.261 e. The number of nitrogens with two attached hydrogens (primary N) is 1. The summed E-state index contributed by atoms with van der Waals surface area (Å²) < 4.78 is 7.01. The fourth-order valence-electron chi connectivity index (χ4n) is 3.10. The van der Waals surface area contributed by atoms with Crippen LogP contribution < -0.4 is 16.0 Å². The Morgan fingerprint density at radius 1 is 1.25 bits per heavy atom. The molecule has 0 saturated carbocycles. The van der Waals surface area contributed by atoms with Crippen LogP contribution in [0.5, 0.6) is 5.75 Å². The van der Waals surface area contributed by atoms with Crippen molar-refractivity contribution in [1.82, 2.24) is 9.55 Å². The summed E-state index contributed by atoms with van der Waals surface area (Å²) in [5, 5.41) is 0.607. The maximum atomic E-state index is 12.7. The van der Waals surface area contributed by atoms with E-state index < -0.39 is 0 Å². The highest BCUT2D eigenvalue weighted by molar-refractivity contribution is 5.86. The number of anilines is 1. The van der Waals surface area contributed by atoms with Gasteiger partial charge < -0.3 is 10.5 Å². The summed E-state index contributed by atoms with van der Waals surface area (Å²) in [5.41, 5.74) is 9.15. The predicted octanol–water partition coefficient (Wildman–Crippen LogP) is 2.93. The van der Waals surface area contributed by atoms with Gasteiger partial charge in [0.05, 0.1) is 18.0 Å². The summed E-state index contributed by atoms with van der Waals surface area (Å²) in [6.45, 7) is 0.650. The molecule has 5 heteroatoms. The number of nitrogens with zero attached hydrogens (tertiary/aromatic N) is 2. The lowest BCUT2D eigenvalue weighted by atomic mass is 10.1. The van der Waals surface area contributed by atoms with Crippen molar-refractivity contribution in [2.75, 3.05) is 12.8 Å². The minimum atomic E-state index is -0.0101. The highest BCUT2D eigenvalue weighted by Crippen LogP contribution is 2.28. The smallest absolute Gasteiger partial charge is 0.261 e. The molecule has 5 nitrogen and oxygen atoms in total. The molecule has 0 saturated heterocycles. The van der Waals surface area contributed by atoms with Gasteiger partial charge >= 0.3 is 0 Å². The van der Waals surface area contributed by atoms with E-state index in [1.54, 1.807) is 29.9 Å². The third kappa shape index (κ3) is 2.34. The summed E-state index contributed by atoms with van der Waals surface area (Å²) in [6.07, 6.45) is 2.84. The second kappa shape index (κ2) is 5.53. The first-order valence-corrected chi connectivity index (χ1v) is 7.81. The van der Waals surface area contributed by atoms with Crippen LogP contribution in [-0.2, 0) is 6.54 Å². The zero-order chi connectivity index (χ0) is 16.7. The molecule has 0 atom stereocenters. The van der Waals surface area contributed by atoms with Crippen molar-refractivity contribution >= 4 is 28.2 Å². The Hall–Kier alpha value is -3.08. The molecular weight excluding hydrogens is 302 g/mol. The van der Waals surface area contributed by atoms with Gasteiger partial charge in [0.15, 0.2) is 0 Å². The molecule has 120 valence electrons. The van der Waals surface area contributed by atoms with Crippen LogP contribution in [0.25, 0.3) is 22.6 Å². The number of rotatable bonds is 2. The van der Waals surface area contributed by atoms with Crippen LogP contribution in [0, 0.1) is 0 Å². The second-order valence-corrected chi connectivity index (χ2v) is 5.86. The van der Waals surface area contributed by atoms with Gasteiger partial charge in [-0.15, -0.1) is 0 Å². The molecule has 1 aromatic heterocycles. The average molecular weight is 319 g/mol. The minimum absolute atomic E-state index is 0.0101. The van der Waals surface area contributed by atoms with Crippen molar-refractivity contribution in [1.29, 1.82) is 0 Å². The lowest BCUT2D eigenvalue weighted by Gasteiger charge is -2.06. The Kier molecular flexibility index (Phi) is 3.34. The van der Waals surface area contributed by atoms with Gasteiger partial charge in [0.2, 0.25) is 0 Å². The van der Waals surface area contributed by atoms with Crippen LogP contribution in [0.3, 0.4) is 0 Å². The van der Waals surface area contributed by atoms with Crippen molar-refractivity contribution in [2.24, 2.45) is 0 Å². The number of aromatic nitrogens is 2. The first-order chi connectivity index (χ1) is 11.7. The fraction of sp³-hybridized carbons (Fsp3) is 0.158. The first kappa shape index (κ1) is 14.5. The molecule has 0 unspecified atom stereocenters. The predicted molar refractivity (Wildman–Crippen MR) is 95.9 cm³/mol. The molecule has 1 aliphatic heterocycles. The summed E-state index contributed by atoms with van der Waals surface area (Å²) in [6, 6.07) is 13.1. The second-order valence-electron chi connectivity index (χ2n) is 5.86. The quantitative estimate of drug-likeness (QED) is 0.737. The number of nitrogen functional groups attached to an aromatic ring is 1. The van der Waals surface area contributed by atoms with Crippen LogP contribution >= 0.6 is 0 Å². The Balaban J connectivity index is 1.87. The zero-order valence-corrected chi connectivity index (χ0v) is 13.3. The number of methoxy groups -OCH3 is 1. The number of benzene rings is 2. The molecule has 0 aliphatic carbocycles. The van der Waals surface area contributed by atoms with E-state index in [9.17, 15) is 4.79 Å². The standard InChI is InChI=1S/C19H17N3O2/c1-24-15-4-2-3-12(10-15)9-13-7-8-22-18(13)21-17-11-14(20)5-6-16(17)19(22)23/h2-6,9-11H,7-8,20H2,1H3. The third-order valence-electron chi connectivity index (χ3n) is 4.31. The van der Waals surface area contributed by atoms with E-state index in [2.05, 4.69) is 11.1 Å². The maximum absolute atomic E-state index is 12.7. The molecule has 0 radical (unpaired) electrons. The molecule has 2 N–H and O–H groups in total. The summed E-state index contributed by atoms with van der Waals surface area (Å²) in [5.74, 6) is 1.53. The van der Waals surface area contributed by atoms with Gasteiger partial charge in [-0.1, -0.05) is 12.1 Å². The molecule has 2 aromatic carbocycles. The van der Waals surface area contributed by atoms with Gasteiger partial charge in [-0.2, -0.15) is 0 Å². The van der Waals surface area contributed by atoms with E-state index in [-0.39, 0.29) is 5.56 Å². The SMILES string of the molecule is COc1cccc(C=C2CCn3c2nc2cc(N)ccc2c3=O)c1. The lowest BCUT2D eigenvalue weighted by molar-refractivity contribution is 0.414. The molecule has 0 bridgehead atoms. The molecule has 0 amide bonds. The molecule has 2 heterocycles. The highest BCUT2D eigenvalue weighted by atomic mass is 16.5. The largest absolute Gasteiger partial charge is 0.497 e. The Morgan fingerprint density at radius 3 is 2.96 bits per heavy atom. The van der Waals surface area contributed by atoms with E-state index in [1.165, 1.54) is 0 Å². The first-order valence-electron chi connectivity index (χ1n) is 7.81. The third-order valence-corrected chi connectivity index (χ3v) is 4.31. The minimum Gasteiger partial charge on any atom is -0.497 e. The van der Waals surface area contributed by atoms with Crippen molar-refractivity contribution in [3.63, 3.8) is 0 Å². The van der Waals surface area contributed by atoms with Crippen molar-refractivity contribution < 1.29 is 4.74 Å². The van der Waals surface area contributed by atoms with Crippen molar-refractivity contribution in [3.8, 4) is 5.75 Å². The average Bonchev–Trinajstić information content (AvgIpc) is 2.98. The van der Waals surface area contributed by atoms with E-state index in [4.69, 9.17) is 10.5 Å². The summed E-state index contributed by atoms with van der Waals surface area (Å²) in [4.78, 5) is 17.3. The van der Waals surface area contributed by atoms with E-state index >= 15 is 0 Å². The van der Waals surface area contributed by atoms with E-state index in [1.807, 2.05) is 24.3 Å². The molecule has 1 aliphatic rings. The summed E-state index contributed by atoms with van der Waals surface area (Å²) >= 11 is 0. The van der Waals surface area contributed by atoms with Crippen LogP contribution in [0.1, 0.15) is 17.8 Å². The Bertz CT molecular complexity index is 1030. The molecule has 0 fully saturated rings. The molecule has 3 aromatic rings. The zero-order valence-electron chi connectivity index (χ0n) is 13.3. The Labute approximate surface area is 139 Å². The molecular formula is C19H17N3O2.